The van der Waals surface area contributed by atoms with Gasteiger partial charge in [-0.15, -0.1) is 0 Å². The van der Waals surface area contributed by atoms with Crippen LogP contribution in [0, 0.1) is 0 Å². The van der Waals surface area contributed by atoms with Gasteiger partial charge in [-0.2, -0.15) is 0 Å². The van der Waals surface area contributed by atoms with Crippen LogP contribution in [0.3, 0.4) is 0 Å². The summed E-state index contributed by atoms with van der Waals surface area (Å²) in [6.07, 6.45) is 1.11. The molecule has 0 aliphatic rings. The first-order valence-electron chi connectivity index (χ1n) is 4.91. The van der Waals surface area contributed by atoms with Gasteiger partial charge in [-0.05, 0) is 38.0 Å². The maximum absolute atomic E-state index is 5.88. The smallest absolute Gasteiger partial charge is 0.192 e. The van der Waals surface area contributed by atoms with E-state index in [0.717, 1.165) is 19.6 Å². The molecule has 0 aliphatic carbocycles. The van der Waals surface area contributed by atoms with Crippen molar-refractivity contribution < 1.29 is 4.43 Å². The minimum atomic E-state index is -1.43. The zero-order valence-corrected chi connectivity index (χ0v) is 9.89. The van der Waals surface area contributed by atoms with Crippen molar-refractivity contribution in [3.05, 3.63) is 0 Å². The Morgan fingerprint density at radius 3 is 2.33 bits per heavy atom. The van der Waals surface area contributed by atoms with Crippen molar-refractivity contribution >= 4 is 8.32 Å². The first-order chi connectivity index (χ1) is 5.56. The van der Waals surface area contributed by atoms with Crippen LogP contribution in [-0.2, 0) is 4.43 Å². The van der Waals surface area contributed by atoms with E-state index in [2.05, 4.69) is 27.3 Å². The number of hydrogen-bond donors (Lipinski definition) is 1. The highest BCUT2D eigenvalue weighted by atomic mass is 28.4. The first kappa shape index (κ1) is 12.1. The lowest BCUT2D eigenvalue weighted by Gasteiger charge is -2.30. The average Bonchev–Trinajstić information content (AvgIpc) is 2.01. The van der Waals surface area contributed by atoms with E-state index in [1.165, 1.54) is 6.04 Å². The topological polar surface area (TPSA) is 35.2 Å². The quantitative estimate of drug-likeness (QED) is 0.651. The van der Waals surface area contributed by atoms with Gasteiger partial charge < -0.3 is 10.2 Å². The molecule has 0 saturated heterocycles. The van der Waals surface area contributed by atoms with Gasteiger partial charge in [-0.3, -0.25) is 0 Å². The summed E-state index contributed by atoms with van der Waals surface area (Å²) in [5.41, 5.74) is 6.20. The SMILES string of the molecule is CCO[Si](C)(CCCN)C(C)C. The van der Waals surface area contributed by atoms with E-state index in [1.54, 1.807) is 0 Å². The maximum Gasteiger partial charge on any atom is 0.192 e. The highest BCUT2D eigenvalue weighted by Crippen LogP contribution is 2.27. The van der Waals surface area contributed by atoms with E-state index in [0.29, 0.717) is 5.54 Å². The molecule has 3 heteroatoms. The summed E-state index contributed by atoms with van der Waals surface area (Å²) in [7, 11) is -1.43. The van der Waals surface area contributed by atoms with Crippen LogP contribution in [0.15, 0.2) is 0 Å². The fourth-order valence-electron chi connectivity index (χ4n) is 1.31. The third kappa shape index (κ3) is 3.69. The van der Waals surface area contributed by atoms with Gasteiger partial charge in [0.25, 0.3) is 0 Å². The second-order valence-electron chi connectivity index (χ2n) is 3.79. The maximum atomic E-state index is 5.88. The van der Waals surface area contributed by atoms with E-state index < -0.39 is 8.32 Å². The Kier molecular flexibility index (Phi) is 5.79. The predicted octanol–water partition coefficient (Wildman–Crippen LogP) is 2.36. The van der Waals surface area contributed by atoms with Crippen LogP contribution in [0.4, 0.5) is 0 Å². The summed E-state index contributed by atoms with van der Waals surface area (Å²) in [6.45, 7) is 10.6. The van der Waals surface area contributed by atoms with E-state index >= 15 is 0 Å². The summed E-state index contributed by atoms with van der Waals surface area (Å²) in [4.78, 5) is 0. The molecule has 0 aromatic carbocycles. The first-order valence-corrected chi connectivity index (χ1v) is 7.60. The molecule has 0 aliphatic heterocycles. The van der Waals surface area contributed by atoms with Crippen LogP contribution in [0.25, 0.3) is 0 Å². The molecule has 1 unspecified atom stereocenters. The van der Waals surface area contributed by atoms with Crippen molar-refractivity contribution in [1.29, 1.82) is 0 Å². The van der Waals surface area contributed by atoms with Crippen molar-refractivity contribution in [3.8, 4) is 0 Å². The molecule has 0 bridgehead atoms. The lowest BCUT2D eigenvalue weighted by Crippen LogP contribution is -2.38. The summed E-state index contributed by atoms with van der Waals surface area (Å²) < 4.78 is 5.88. The van der Waals surface area contributed by atoms with Gasteiger partial charge in [0.15, 0.2) is 8.32 Å². The molecule has 0 spiro atoms. The molecule has 0 aromatic rings. The van der Waals surface area contributed by atoms with E-state index in [1.807, 2.05) is 0 Å². The predicted molar refractivity (Wildman–Crippen MR) is 56.8 cm³/mol. The number of nitrogens with two attached hydrogens (primary N) is 1. The molecule has 2 nitrogen and oxygen atoms in total. The molecule has 0 amide bonds. The molecule has 0 fully saturated rings. The third-order valence-corrected chi connectivity index (χ3v) is 7.31. The van der Waals surface area contributed by atoms with Crippen LogP contribution in [-0.4, -0.2) is 21.5 Å². The fourth-order valence-corrected chi connectivity index (χ4v) is 3.93. The zero-order chi connectivity index (χ0) is 9.61. The Morgan fingerprint density at radius 2 is 2.00 bits per heavy atom. The Morgan fingerprint density at radius 1 is 1.42 bits per heavy atom. The van der Waals surface area contributed by atoms with Crippen molar-refractivity contribution in [3.63, 3.8) is 0 Å². The molecule has 0 aromatic heterocycles. The van der Waals surface area contributed by atoms with Crippen molar-refractivity contribution in [1.82, 2.24) is 0 Å². The van der Waals surface area contributed by atoms with Gasteiger partial charge >= 0.3 is 0 Å². The Bertz CT molecular complexity index is 119. The Balaban J connectivity index is 3.99. The normalized spacial score (nSPS) is 16.5. The fraction of sp³-hybridized carbons (Fsp3) is 1.00. The molecule has 2 N–H and O–H groups in total. The average molecular weight is 189 g/mol. The Labute approximate surface area is 77.6 Å². The van der Waals surface area contributed by atoms with Gasteiger partial charge in [0.1, 0.15) is 0 Å². The minimum absolute atomic E-state index is 0.698. The highest BCUT2D eigenvalue weighted by molar-refractivity contribution is 6.73. The van der Waals surface area contributed by atoms with Crippen molar-refractivity contribution in [2.45, 2.75) is 45.3 Å². The molecule has 74 valence electrons. The third-order valence-electron chi connectivity index (χ3n) is 2.57. The second-order valence-corrected chi connectivity index (χ2v) is 8.36. The van der Waals surface area contributed by atoms with Crippen LogP contribution >= 0.6 is 0 Å². The molecule has 0 radical (unpaired) electrons. The van der Waals surface area contributed by atoms with E-state index in [-0.39, 0.29) is 0 Å². The summed E-state index contributed by atoms with van der Waals surface area (Å²) >= 11 is 0. The molecular weight excluding hydrogens is 166 g/mol. The molecule has 0 saturated carbocycles. The largest absolute Gasteiger partial charge is 0.417 e. The summed E-state index contributed by atoms with van der Waals surface area (Å²) in [5, 5.41) is 0. The van der Waals surface area contributed by atoms with Crippen molar-refractivity contribution in [2.75, 3.05) is 13.2 Å². The molecule has 1 atom stereocenters. The standard InChI is InChI=1S/C9H23NOSi/c1-5-11-12(4,9(2)3)8-6-7-10/h9H,5-8,10H2,1-4H3. The molecule has 0 heterocycles. The molecular formula is C9H23NOSi. The summed E-state index contributed by atoms with van der Waals surface area (Å²) in [6, 6.07) is 1.20. The van der Waals surface area contributed by atoms with Gasteiger partial charge in [-0.1, -0.05) is 13.8 Å². The van der Waals surface area contributed by atoms with Crippen LogP contribution in [0.1, 0.15) is 27.2 Å². The lowest BCUT2D eigenvalue weighted by atomic mass is 10.5. The number of hydrogen-bond acceptors (Lipinski definition) is 2. The van der Waals surface area contributed by atoms with Gasteiger partial charge in [-0.25, -0.2) is 0 Å². The minimum Gasteiger partial charge on any atom is -0.417 e. The zero-order valence-electron chi connectivity index (χ0n) is 8.89. The van der Waals surface area contributed by atoms with Crippen molar-refractivity contribution in [2.24, 2.45) is 5.73 Å². The number of rotatable bonds is 6. The lowest BCUT2D eigenvalue weighted by molar-refractivity contribution is 0.316. The monoisotopic (exact) mass is 189 g/mol. The van der Waals surface area contributed by atoms with E-state index in [9.17, 15) is 0 Å². The molecule has 12 heavy (non-hydrogen) atoms. The molecule has 0 rings (SSSR count). The van der Waals surface area contributed by atoms with Gasteiger partial charge in [0.2, 0.25) is 0 Å². The Hall–Kier alpha value is 0.137. The summed E-state index contributed by atoms with van der Waals surface area (Å²) in [5.74, 6) is 0. The van der Waals surface area contributed by atoms with E-state index in [4.69, 9.17) is 10.2 Å². The second kappa shape index (κ2) is 5.73. The van der Waals surface area contributed by atoms with Gasteiger partial charge in [0.05, 0.1) is 0 Å². The van der Waals surface area contributed by atoms with Crippen LogP contribution < -0.4 is 5.73 Å². The van der Waals surface area contributed by atoms with Gasteiger partial charge in [0, 0.05) is 6.61 Å². The highest BCUT2D eigenvalue weighted by Gasteiger charge is 2.31. The van der Waals surface area contributed by atoms with Crippen LogP contribution in [0.2, 0.25) is 18.1 Å². The van der Waals surface area contributed by atoms with Crippen LogP contribution in [0.5, 0.6) is 0 Å².